The third-order valence-corrected chi connectivity index (χ3v) is 5.14. The molecule has 0 unspecified atom stereocenters. The Morgan fingerprint density at radius 2 is 1.92 bits per heavy atom. The summed E-state index contributed by atoms with van der Waals surface area (Å²) in [6.07, 6.45) is 0.0884. The van der Waals surface area contributed by atoms with E-state index >= 15 is 0 Å². The Kier molecular flexibility index (Phi) is 6.59. The molecule has 0 radical (unpaired) electrons. The first-order valence-electron chi connectivity index (χ1n) is 8.07. The first kappa shape index (κ1) is 18.7. The molecule has 8 heteroatoms. The van der Waals surface area contributed by atoms with Gasteiger partial charge >= 0.3 is 0 Å². The third-order valence-electron chi connectivity index (χ3n) is 3.66. The number of nitrogens with zero attached hydrogens (tertiary/aromatic N) is 1. The van der Waals surface area contributed by atoms with Gasteiger partial charge in [0.1, 0.15) is 5.75 Å². The molecule has 0 aliphatic carbocycles. The molecule has 1 aromatic carbocycles. The summed E-state index contributed by atoms with van der Waals surface area (Å²) in [5, 5.41) is 0. The molecule has 1 aromatic rings. The summed E-state index contributed by atoms with van der Waals surface area (Å²) in [6, 6.07) is 6.06. The van der Waals surface area contributed by atoms with Crippen LogP contribution in [0, 0.1) is 0 Å². The number of carbonyl (C=O) groups is 1. The molecular formula is C16H24N2O5S. The molecule has 0 saturated carbocycles. The second-order valence-electron chi connectivity index (χ2n) is 5.57. The maximum absolute atomic E-state index is 12.3. The van der Waals surface area contributed by atoms with Crippen LogP contribution in [0.25, 0.3) is 0 Å². The minimum absolute atomic E-state index is 0.0976. The van der Waals surface area contributed by atoms with Gasteiger partial charge in [-0.1, -0.05) is 6.92 Å². The molecule has 0 aromatic heterocycles. The second kappa shape index (κ2) is 8.46. The standard InChI is InChI=1S/C16H24N2O5S/c1-3-8-17-24(20,21)15-6-4-14(5-7-15)23-13(2)16(19)18-9-11-22-12-10-18/h4-7,13,17H,3,8-12H2,1-2H3/t13-/m0/s1. The Morgan fingerprint density at radius 3 is 2.50 bits per heavy atom. The Labute approximate surface area is 143 Å². The van der Waals surface area contributed by atoms with Crippen molar-refractivity contribution in [2.75, 3.05) is 32.8 Å². The molecule has 2 rings (SSSR count). The molecule has 134 valence electrons. The van der Waals surface area contributed by atoms with Gasteiger partial charge < -0.3 is 14.4 Å². The molecule has 1 saturated heterocycles. The van der Waals surface area contributed by atoms with Crippen LogP contribution >= 0.6 is 0 Å². The van der Waals surface area contributed by atoms with E-state index in [2.05, 4.69) is 4.72 Å². The zero-order chi connectivity index (χ0) is 17.6. The van der Waals surface area contributed by atoms with Gasteiger partial charge in [-0.2, -0.15) is 0 Å². The first-order chi connectivity index (χ1) is 11.4. The first-order valence-corrected chi connectivity index (χ1v) is 9.55. The maximum Gasteiger partial charge on any atom is 0.263 e. The zero-order valence-electron chi connectivity index (χ0n) is 14.0. The van der Waals surface area contributed by atoms with Crippen molar-refractivity contribution in [2.45, 2.75) is 31.3 Å². The lowest BCUT2D eigenvalue weighted by molar-refractivity contribution is -0.142. The molecule has 1 amide bonds. The number of hydrogen-bond donors (Lipinski definition) is 1. The van der Waals surface area contributed by atoms with Crippen molar-refractivity contribution in [1.29, 1.82) is 0 Å². The SMILES string of the molecule is CCCNS(=O)(=O)c1ccc(O[C@@H](C)C(=O)N2CCOCC2)cc1. The number of nitrogens with one attached hydrogen (secondary N) is 1. The molecule has 1 fully saturated rings. The highest BCUT2D eigenvalue weighted by Gasteiger charge is 2.24. The maximum atomic E-state index is 12.3. The van der Waals surface area contributed by atoms with Gasteiger partial charge in [-0.25, -0.2) is 13.1 Å². The summed E-state index contributed by atoms with van der Waals surface area (Å²) in [5.74, 6) is 0.359. The van der Waals surface area contributed by atoms with E-state index in [0.29, 0.717) is 38.6 Å². The van der Waals surface area contributed by atoms with E-state index in [1.165, 1.54) is 12.1 Å². The van der Waals surface area contributed by atoms with Crippen LogP contribution in [-0.4, -0.2) is 58.2 Å². The molecular weight excluding hydrogens is 332 g/mol. The van der Waals surface area contributed by atoms with Crippen LogP contribution in [0.3, 0.4) is 0 Å². The lowest BCUT2D eigenvalue weighted by Gasteiger charge is -2.29. The van der Waals surface area contributed by atoms with E-state index in [0.717, 1.165) is 6.42 Å². The number of amides is 1. The molecule has 0 bridgehead atoms. The summed E-state index contributed by atoms with van der Waals surface area (Å²) in [6.45, 7) is 6.18. The normalized spacial score (nSPS) is 16.7. The van der Waals surface area contributed by atoms with Crippen molar-refractivity contribution in [3.8, 4) is 5.75 Å². The van der Waals surface area contributed by atoms with Crippen molar-refractivity contribution in [3.05, 3.63) is 24.3 Å². The molecule has 1 atom stereocenters. The van der Waals surface area contributed by atoms with E-state index in [1.54, 1.807) is 24.0 Å². The fourth-order valence-corrected chi connectivity index (χ4v) is 3.45. The highest BCUT2D eigenvalue weighted by molar-refractivity contribution is 7.89. The monoisotopic (exact) mass is 356 g/mol. The molecule has 1 N–H and O–H groups in total. The summed E-state index contributed by atoms with van der Waals surface area (Å²) in [4.78, 5) is 14.2. The number of rotatable bonds is 7. The Hall–Kier alpha value is -1.64. The summed E-state index contributed by atoms with van der Waals surface area (Å²) in [7, 11) is -3.50. The number of ether oxygens (including phenoxy) is 2. The number of morpholine rings is 1. The average molecular weight is 356 g/mol. The highest BCUT2D eigenvalue weighted by Crippen LogP contribution is 2.18. The molecule has 24 heavy (non-hydrogen) atoms. The number of carbonyl (C=O) groups excluding carboxylic acids is 1. The molecule has 7 nitrogen and oxygen atoms in total. The smallest absolute Gasteiger partial charge is 0.263 e. The Morgan fingerprint density at radius 1 is 1.29 bits per heavy atom. The van der Waals surface area contributed by atoms with Gasteiger partial charge in [0.25, 0.3) is 5.91 Å². The molecule has 1 aliphatic rings. The minimum Gasteiger partial charge on any atom is -0.481 e. The van der Waals surface area contributed by atoms with Gasteiger partial charge in [0.15, 0.2) is 6.10 Å². The predicted molar refractivity (Wildman–Crippen MR) is 89.4 cm³/mol. The van der Waals surface area contributed by atoms with Gasteiger partial charge in [0, 0.05) is 19.6 Å². The van der Waals surface area contributed by atoms with E-state index in [-0.39, 0.29) is 10.8 Å². The van der Waals surface area contributed by atoms with Gasteiger partial charge in [0.05, 0.1) is 18.1 Å². The van der Waals surface area contributed by atoms with Crippen LogP contribution in [0.2, 0.25) is 0 Å². The van der Waals surface area contributed by atoms with Crippen molar-refractivity contribution < 1.29 is 22.7 Å². The summed E-state index contributed by atoms with van der Waals surface area (Å²) in [5.41, 5.74) is 0. The van der Waals surface area contributed by atoms with Gasteiger partial charge in [-0.05, 0) is 37.6 Å². The highest BCUT2D eigenvalue weighted by atomic mass is 32.2. The van der Waals surface area contributed by atoms with Crippen LogP contribution in [0.4, 0.5) is 0 Å². The van der Waals surface area contributed by atoms with Crippen molar-refractivity contribution in [2.24, 2.45) is 0 Å². The average Bonchev–Trinajstić information content (AvgIpc) is 2.60. The van der Waals surface area contributed by atoms with Crippen LogP contribution in [0.15, 0.2) is 29.2 Å². The van der Waals surface area contributed by atoms with E-state index in [1.807, 2.05) is 6.92 Å². The Bertz CT molecular complexity index is 639. The zero-order valence-corrected chi connectivity index (χ0v) is 14.8. The van der Waals surface area contributed by atoms with Gasteiger partial charge in [-0.3, -0.25) is 4.79 Å². The van der Waals surface area contributed by atoms with E-state index in [9.17, 15) is 13.2 Å². The number of hydrogen-bond acceptors (Lipinski definition) is 5. The van der Waals surface area contributed by atoms with Crippen molar-refractivity contribution >= 4 is 15.9 Å². The third kappa shape index (κ3) is 4.93. The van der Waals surface area contributed by atoms with E-state index in [4.69, 9.17) is 9.47 Å². The summed E-state index contributed by atoms with van der Waals surface area (Å²) >= 11 is 0. The van der Waals surface area contributed by atoms with Crippen LogP contribution in [0.1, 0.15) is 20.3 Å². The fraction of sp³-hybridized carbons (Fsp3) is 0.562. The fourth-order valence-electron chi connectivity index (χ4n) is 2.31. The second-order valence-corrected chi connectivity index (χ2v) is 7.33. The van der Waals surface area contributed by atoms with E-state index < -0.39 is 16.1 Å². The summed E-state index contributed by atoms with van der Waals surface area (Å²) < 4.78 is 37.4. The van der Waals surface area contributed by atoms with Crippen LogP contribution in [0.5, 0.6) is 5.75 Å². The number of sulfonamides is 1. The Balaban J connectivity index is 1.96. The van der Waals surface area contributed by atoms with Crippen LogP contribution < -0.4 is 9.46 Å². The lowest BCUT2D eigenvalue weighted by Crippen LogP contribution is -2.46. The lowest BCUT2D eigenvalue weighted by atomic mass is 10.3. The van der Waals surface area contributed by atoms with Crippen LogP contribution in [-0.2, 0) is 19.6 Å². The van der Waals surface area contributed by atoms with Crippen molar-refractivity contribution in [3.63, 3.8) is 0 Å². The predicted octanol–water partition coefficient (Wildman–Crippen LogP) is 1.00. The topological polar surface area (TPSA) is 84.9 Å². The van der Waals surface area contributed by atoms with Crippen molar-refractivity contribution in [1.82, 2.24) is 9.62 Å². The molecule has 1 heterocycles. The number of benzene rings is 1. The minimum atomic E-state index is -3.50. The largest absolute Gasteiger partial charge is 0.481 e. The molecule has 0 spiro atoms. The van der Waals surface area contributed by atoms with Gasteiger partial charge in [-0.15, -0.1) is 0 Å². The molecule has 1 aliphatic heterocycles. The van der Waals surface area contributed by atoms with Gasteiger partial charge in [0.2, 0.25) is 10.0 Å². The quantitative estimate of drug-likeness (QED) is 0.788.